The van der Waals surface area contributed by atoms with Gasteiger partial charge >= 0.3 is 16.1 Å². The Bertz CT molecular complexity index is 601. The van der Waals surface area contributed by atoms with Gasteiger partial charge in [-0.3, -0.25) is 4.55 Å². The van der Waals surface area contributed by atoms with Crippen LogP contribution in [0.2, 0.25) is 0 Å². The molecule has 6 nitrogen and oxygen atoms in total. The van der Waals surface area contributed by atoms with Crippen molar-refractivity contribution in [2.75, 3.05) is 6.61 Å². The first-order valence-electron chi connectivity index (χ1n) is 10.1. The molecule has 0 saturated heterocycles. The molecule has 7 heteroatoms. The number of rotatable bonds is 6. The fourth-order valence-electron chi connectivity index (χ4n) is 6.38. The van der Waals surface area contributed by atoms with Crippen LogP contribution >= 0.6 is 0 Å². The Kier molecular flexibility index (Phi) is 5.07. The van der Waals surface area contributed by atoms with E-state index < -0.39 is 21.5 Å². The van der Waals surface area contributed by atoms with Crippen molar-refractivity contribution in [3.8, 4) is 0 Å². The maximum absolute atomic E-state index is 12.5. The third-order valence-corrected chi connectivity index (χ3v) is 7.86. The second-order valence-electron chi connectivity index (χ2n) is 9.27. The molecule has 26 heavy (non-hydrogen) atoms. The smallest absolute Gasteiger partial charge is 0.353 e. The van der Waals surface area contributed by atoms with E-state index in [4.69, 9.17) is 9.47 Å². The molecule has 0 aromatic heterocycles. The van der Waals surface area contributed by atoms with Crippen LogP contribution in [-0.4, -0.2) is 37.1 Å². The van der Waals surface area contributed by atoms with E-state index in [2.05, 4.69) is 0 Å². The van der Waals surface area contributed by atoms with Crippen LogP contribution in [0.25, 0.3) is 0 Å². The van der Waals surface area contributed by atoms with Gasteiger partial charge in [-0.2, -0.15) is 8.42 Å². The van der Waals surface area contributed by atoms with E-state index in [9.17, 15) is 17.8 Å². The zero-order valence-electron chi connectivity index (χ0n) is 15.3. The van der Waals surface area contributed by atoms with Crippen molar-refractivity contribution in [1.29, 1.82) is 0 Å². The molecule has 1 atom stereocenters. The van der Waals surface area contributed by atoms with Crippen LogP contribution in [0, 0.1) is 23.2 Å². The maximum Gasteiger partial charge on any atom is 0.353 e. The molecular weight excluding hydrogens is 356 g/mol. The zero-order valence-corrected chi connectivity index (χ0v) is 16.1. The van der Waals surface area contributed by atoms with Crippen molar-refractivity contribution >= 4 is 16.1 Å². The largest absolute Gasteiger partial charge is 0.462 e. The Balaban J connectivity index is 1.38. The fraction of sp³-hybridized carbons (Fsp3) is 0.947. The Morgan fingerprint density at radius 3 is 2.04 bits per heavy atom. The van der Waals surface area contributed by atoms with Crippen LogP contribution in [0.4, 0.5) is 0 Å². The summed E-state index contributed by atoms with van der Waals surface area (Å²) >= 11 is 0. The molecule has 1 unspecified atom stereocenters. The highest BCUT2D eigenvalue weighted by atomic mass is 32.2. The van der Waals surface area contributed by atoms with Crippen LogP contribution in [0.1, 0.15) is 70.6 Å². The van der Waals surface area contributed by atoms with Gasteiger partial charge in [-0.05, 0) is 69.1 Å². The van der Waals surface area contributed by atoms with E-state index in [1.807, 2.05) is 0 Å². The second-order valence-corrected chi connectivity index (χ2v) is 10.7. The van der Waals surface area contributed by atoms with Gasteiger partial charge in [0.2, 0.25) is 0 Å². The molecule has 5 fully saturated rings. The summed E-state index contributed by atoms with van der Waals surface area (Å²) in [6, 6.07) is 0. The number of ether oxygens (including phenoxy) is 2. The van der Waals surface area contributed by atoms with Crippen LogP contribution in [-0.2, 0) is 24.4 Å². The molecule has 0 spiro atoms. The summed E-state index contributed by atoms with van der Waals surface area (Å²) in [6.07, 6.45) is 11.2. The summed E-state index contributed by atoms with van der Waals surface area (Å²) in [5.41, 5.74) is -1.89. The highest BCUT2D eigenvalue weighted by molar-refractivity contribution is 7.87. The summed E-state index contributed by atoms with van der Waals surface area (Å²) in [7, 11) is -4.64. The molecule has 0 radical (unpaired) electrons. The molecule has 0 heterocycles. The Morgan fingerprint density at radius 2 is 1.54 bits per heavy atom. The van der Waals surface area contributed by atoms with E-state index in [1.165, 1.54) is 19.3 Å². The normalized spacial score (nSPS) is 38.3. The third kappa shape index (κ3) is 3.94. The van der Waals surface area contributed by atoms with Crippen molar-refractivity contribution in [2.45, 2.75) is 82.2 Å². The van der Waals surface area contributed by atoms with Crippen molar-refractivity contribution in [1.82, 2.24) is 0 Å². The van der Waals surface area contributed by atoms with Gasteiger partial charge in [-0.15, -0.1) is 0 Å². The minimum Gasteiger partial charge on any atom is -0.462 e. The van der Waals surface area contributed by atoms with Crippen LogP contribution < -0.4 is 0 Å². The number of hydrogen-bond donors (Lipinski definition) is 1. The highest BCUT2D eigenvalue weighted by Crippen LogP contribution is 2.60. The summed E-state index contributed by atoms with van der Waals surface area (Å²) in [5.74, 6) is 1.25. The summed E-state index contributed by atoms with van der Waals surface area (Å²) in [4.78, 5) is 12.5. The van der Waals surface area contributed by atoms with Gasteiger partial charge in [0.1, 0.15) is 0 Å². The van der Waals surface area contributed by atoms with Crippen LogP contribution in [0.3, 0.4) is 0 Å². The molecule has 4 bridgehead atoms. The van der Waals surface area contributed by atoms with Crippen LogP contribution in [0.5, 0.6) is 0 Å². The number of hydrogen-bond acceptors (Lipinski definition) is 5. The monoisotopic (exact) mass is 386 g/mol. The van der Waals surface area contributed by atoms with E-state index in [-0.39, 0.29) is 18.1 Å². The minimum absolute atomic E-state index is 0.0129. The molecule has 5 saturated carbocycles. The van der Waals surface area contributed by atoms with Crippen LogP contribution in [0.15, 0.2) is 0 Å². The van der Waals surface area contributed by atoms with Crippen molar-refractivity contribution in [3.63, 3.8) is 0 Å². The molecule has 5 aliphatic carbocycles. The average Bonchev–Trinajstić information content (AvgIpc) is 2.56. The lowest BCUT2D eigenvalue weighted by Crippen LogP contribution is -2.49. The third-order valence-electron chi connectivity index (χ3n) is 7.02. The molecule has 148 valence electrons. The van der Waals surface area contributed by atoms with Gasteiger partial charge in [-0.1, -0.05) is 19.3 Å². The van der Waals surface area contributed by atoms with Gasteiger partial charge in [0, 0.05) is 5.41 Å². The first-order chi connectivity index (χ1) is 12.3. The Labute approximate surface area is 155 Å². The fourth-order valence-corrected chi connectivity index (χ4v) is 6.99. The summed E-state index contributed by atoms with van der Waals surface area (Å²) < 4.78 is 43.8. The molecule has 0 aromatic carbocycles. The van der Waals surface area contributed by atoms with Gasteiger partial charge in [0.15, 0.2) is 0 Å². The van der Waals surface area contributed by atoms with E-state index in [0.717, 1.165) is 56.3 Å². The molecule has 5 aliphatic rings. The van der Waals surface area contributed by atoms with E-state index in [1.54, 1.807) is 0 Å². The van der Waals surface area contributed by atoms with Gasteiger partial charge < -0.3 is 9.47 Å². The molecule has 1 N–H and O–H groups in total. The average molecular weight is 387 g/mol. The molecule has 0 aromatic rings. The van der Waals surface area contributed by atoms with E-state index in [0.29, 0.717) is 12.8 Å². The number of esters is 1. The maximum atomic E-state index is 12.5. The number of carbonyl (C=O) groups excluding carboxylic acids is 1. The van der Waals surface area contributed by atoms with Gasteiger partial charge in [-0.25, -0.2) is 4.79 Å². The van der Waals surface area contributed by atoms with Crippen molar-refractivity contribution in [3.05, 3.63) is 0 Å². The van der Waals surface area contributed by atoms with Gasteiger partial charge in [0.25, 0.3) is 5.44 Å². The van der Waals surface area contributed by atoms with Crippen molar-refractivity contribution < 1.29 is 27.2 Å². The lowest BCUT2D eigenvalue weighted by Gasteiger charge is -2.56. The molecule has 0 amide bonds. The molecule has 0 aliphatic heterocycles. The lowest BCUT2D eigenvalue weighted by molar-refractivity contribution is -0.166. The van der Waals surface area contributed by atoms with Gasteiger partial charge in [0.05, 0.1) is 12.7 Å². The predicted molar refractivity (Wildman–Crippen MR) is 94.9 cm³/mol. The van der Waals surface area contributed by atoms with Crippen molar-refractivity contribution in [2.24, 2.45) is 23.2 Å². The first kappa shape index (κ1) is 18.7. The Morgan fingerprint density at radius 1 is 1.00 bits per heavy atom. The molecular formula is C19H30O6S. The SMILES string of the molecule is O=C(OCC12CC3CC(CC(C3)C1)C2)C(OC1CCCCC1)S(=O)(=O)O. The number of carbonyl (C=O) groups is 1. The molecule has 5 rings (SSSR count). The minimum atomic E-state index is -4.64. The Hall–Kier alpha value is -0.660. The standard InChI is InChI=1S/C19H30O6S/c20-17(18(26(21,22)23)25-16-4-2-1-3-5-16)24-12-19-9-13-6-14(10-19)8-15(7-13)11-19/h13-16,18H,1-12H2,(H,21,22,23). The predicted octanol–water partition coefficient (Wildman–Crippen LogP) is 3.31. The lowest BCUT2D eigenvalue weighted by atomic mass is 9.50. The quantitative estimate of drug-likeness (QED) is 0.556. The topological polar surface area (TPSA) is 89.9 Å². The second kappa shape index (κ2) is 7.06. The highest BCUT2D eigenvalue weighted by Gasteiger charge is 2.52. The zero-order chi connectivity index (χ0) is 18.4. The summed E-state index contributed by atoms with van der Waals surface area (Å²) in [5, 5.41) is 0. The summed E-state index contributed by atoms with van der Waals surface area (Å²) in [6.45, 7) is 0.259. The van der Waals surface area contributed by atoms with E-state index >= 15 is 0 Å². The first-order valence-corrected chi connectivity index (χ1v) is 11.6.